The molecule has 2 aliphatic rings. The summed E-state index contributed by atoms with van der Waals surface area (Å²) in [6, 6.07) is 9.79. The minimum Gasteiger partial charge on any atom is -0.462 e. The number of ether oxygens (including phenoxy) is 1. The first kappa shape index (κ1) is 24.5. The van der Waals surface area contributed by atoms with Crippen molar-refractivity contribution >= 4 is 12.0 Å². The van der Waals surface area contributed by atoms with Crippen LogP contribution in [-0.2, 0) is 9.53 Å². The van der Waals surface area contributed by atoms with Gasteiger partial charge in [0.15, 0.2) is 0 Å². The lowest BCUT2D eigenvalue weighted by atomic mass is 9.45. The third-order valence-electron chi connectivity index (χ3n) is 8.38. The number of aliphatic hydroxyl groups is 1. The van der Waals surface area contributed by atoms with Crippen LogP contribution in [0.2, 0.25) is 0 Å². The van der Waals surface area contributed by atoms with E-state index in [1.54, 1.807) is 6.08 Å². The van der Waals surface area contributed by atoms with Crippen LogP contribution in [0.3, 0.4) is 0 Å². The van der Waals surface area contributed by atoms with Crippen molar-refractivity contribution in [1.82, 2.24) is 0 Å². The number of hydrogen-bond donors (Lipinski definition) is 1. The van der Waals surface area contributed by atoms with Crippen LogP contribution in [0.1, 0.15) is 71.3 Å². The Hall–Kier alpha value is -2.13. The second kappa shape index (κ2) is 9.79. The molecule has 0 amide bonds. The Morgan fingerprint density at radius 2 is 1.91 bits per heavy atom. The van der Waals surface area contributed by atoms with Crippen LogP contribution in [0.25, 0.3) is 6.08 Å². The topological polar surface area (TPSA) is 46.5 Å². The summed E-state index contributed by atoms with van der Waals surface area (Å²) in [7, 11) is 0. The van der Waals surface area contributed by atoms with Crippen LogP contribution >= 0.6 is 0 Å². The number of allylic oxidation sites excluding steroid dienone is 2. The van der Waals surface area contributed by atoms with Gasteiger partial charge in [0, 0.05) is 11.5 Å². The van der Waals surface area contributed by atoms with E-state index in [9.17, 15) is 9.90 Å². The van der Waals surface area contributed by atoms with Gasteiger partial charge >= 0.3 is 5.97 Å². The number of fused-ring (bicyclic) bond motifs is 1. The maximum atomic E-state index is 12.5. The molecule has 2 saturated carbocycles. The van der Waals surface area contributed by atoms with Crippen molar-refractivity contribution in [3.8, 4) is 0 Å². The molecule has 0 bridgehead atoms. The largest absolute Gasteiger partial charge is 0.462 e. The number of rotatable bonds is 8. The van der Waals surface area contributed by atoms with Gasteiger partial charge in [-0.1, -0.05) is 75.4 Å². The molecule has 2 fully saturated rings. The van der Waals surface area contributed by atoms with Crippen molar-refractivity contribution in [2.24, 2.45) is 22.7 Å². The summed E-state index contributed by atoms with van der Waals surface area (Å²) in [4.78, 5) is 12.5. The fraction of sp³-hybridized carbons (Fsp3) is 0.552. The van der Waals surface area contributed by atoms with Gasteiger partial charge in [-0.2, -0.15) is 0 Å². The van der Waals surface area contributed by atoms with Gasteiger partial charge in [-0.3, -0.25) is 0 Å². The Kier molecular flexibility index (Phi) is 7.50. The second-order valence-electron chi connectivity index (χ2n) is 10.8. The molecule has 0 heterocycles. The third kappa shape index (κ3) is 5.26. The van der Waals surface area contributed by atoms with E-state index in [2.05, 4.69) is 27.0 Å². The molecule has 0 unspecified atom stereocenters. The van der Waals surface area contributed by atoms with Crippen LogP contribution in [-0.4, -0.2) is 23.3 Å². The second-order valence-corrected chi connectivity index (χ2v) is 10.8. The van der Waals surface area contributed by atoms with Crippen molar-refractivity contribution in [2.75, 3.05) is 6.61 Å². The van der Waals surface area contributed by atoms with Gasteiger partial charge in [-0.15, -0.1) is 0 Å². The minimum atomic E-state index is -0.681. The molecule has 0 radical (unpaired) electrons. The highest BCUT2D eigenvalue weighted by Crippen LogP contribution is 2.63. The average Bonchev–Trinajstić information content (AvgIpc) is 2.75. The predicted molar refractivity (Wildman–Crippen MR) is 132 cm³/mol. The van der Waals surface area contributed by atoms with Crippen LogP contribution in [0, 0.1) is 22.7 Å². The predicted octanol–water partition coefficient (Wildman–Crippen LogP) is 6.74. The van der Waals surface area contributed by atoms with Crippen molar-refractivity contribution in [3.63, 3.8) is 0 Å². The zero-order valence-electron chi connectivity index (χ0n) is 20.1. The molecule has 1 aromatic carbocycles. The van der Waals surface area contributed by atoms with Crippen molar-refractivity contribution in [1.29, 1.82) is 0 Å². The first-order valence-electron chi connectivity index (χ1n) is 12.0. The normalized spacial score (nSPS) is 34.6. The van der Waals surface area contributed by atoms with Crippen LogP contribution < -0.4 is 0 Å². The molecule has 3 rings (SSSR count). The van der Waals surface area contributed by atoms with E-state index in [4.69, 9.17) is 4.74 Å². The van der Waals surface area contributed by atoms with E-state index >= 15 is 0 Å². The Morgan fingerprint density at radius 1 is 1.19 bits per heavy atom. The summed E-state index contributed by atoms with van der Waals surface area (Å²) in [6.45, 7) is 15.0. The molecule has 5 atom stereocenters. The Bertz CT molecular complexity index is 852. The first-order chi connectivity index (χ1) is 15.1. The molecule has 0 saturated heterocycles. The molecule has 1 N–H and O–H groups in total. The molecule has 3 heteroatoms. The Labute approximate surface area is 194 Å². The fourth-order valence-corrected chi connectivity index (χ4v) is 6.69. The van der Waals surface area contributed by atoms with Gasteiger partial charge < -0.3 is 9.84 Å². The van der Waals surface area contributed by atoms with Crippen molar-refractivity contribution < 1.29 is 14.6 Å². The number of benzene rings is 1. The van der Waals surface area contributed by atoms with E-state index in [0.717, 1.165) is 56.1 Å². The number of esters is 1. The highest BCUT2D eigenvalue weighted by atomic mass is 16.5. The SMILES string of the molecule is C=CC(=C)CC[C@@H]1[C@@]2(C)CCC[C@](C)(COC(=O)/C=C/c3ccccc3)[C@@H]2CC[C@@]1(C)O. The van der Waals surface area contributed by atoms with Gasteiger partial charge in [-0.25, -0.2) is 4.79 Å². The zero-order valence-corrected chi connectivity index (χ0v) is 20.1. The van der Waals surface area contributed by atoms with Gasteiger partial charge in [0.1, 0.15) is 0 Å². The summed E-state index contributed by atoms with van der Waals surface area (Å²) >= 11 is 0. The number of carbonyl (C=O) groups is 1. The fourth-order valence-electron chi connectivity index (χ4n) is 6.69. The smallest absolute Gasteiger partial charge is 0.330 e. The summed E-state index contributed by atoms with van der Waals surface area (Å²) < 4.78 is 5.79. The standard InChI is InChI=1S/C29H40O3/c1-6-22(2)13-15-25-28(4)19-10-18-27(3,24(28)17-20-29(25,5)31)21-32-26(30)16-14-23-11-8-7-9-12-23/h6-9,11-12,14,16,24-25,31H,1-2,10,13,15,17-21H2,3-5H3/b16-14+/t24-,25+,27+,28-,29+/m0/s1. The van der Waals surface area contributed by atoms with E-state index in [0.29, 0.717) is 12.5 Å². The van der Waals surface area contributed by atoms with E-state index in [1.807, 2.05) is 43.3 Å². The average molecular weight is 437 g/mol. The molecule has 174 valence electrons. The minimum absolute atomic E-state index is 0.0164. The quantitative estimate of drug-likeness (QED) is 0.279. The number of hydrogen-bond acceptors (Lipinski definition) is 3. The molecule has 32 heavy (non-hydrogen) atoms. The lowest BCUT2D eigenvalue weighted by Gasteiger charge is -2.61. The Balaban J connectivity index is 1.72. The third-order valence-corrected chi connectivity index (χ3v) is 8.38. The van der Waals surface area contributed by atoms with Gasteiger partial charge in [0.2, 0.25) is 0 Å². The molecule has 2 aliphatic carbocycles. The van der Waals surface area contributed by atoms with Gasteiger partial charge in [0.05, 0.1) is 12.2 Å². The van der Waals surface area contributed by atoms with E-state index in [1.165, 1.54) is 6.08 Å². The molecule has 0 spiro atoms. The molecule has 1 aromatic rings. The maximum absolute atomic E-state index is 12.5. The van der Waals surface area contributed by atoms with E-state index < -0.39 is 5.60 Å². The molecule has 0 aliphatic heterocycles. The maximum Gasteiger partial charge on any atom is 0.330 e. The highest BCUT2D eigenvalue weighted by molar-refractivity contribution is 5.87. The summed E-state index contributed by atoms with van der Waals surface area (Å²) in [5.41, 5.74) is 1.28. The monoisotopic (exact) mass is 436 g/mol. The molecule has 0 aromatic heterocycles. The van der Waals surface area contributed by atoms with Gasteiger partial charge in [-0.05, 0) is 74.3 Å². The van der Waals surface area contributed by atoms with Crippen molar-refractivity contribution in [3.05, 3.63) is 66.8 Å². The molecule has 3 nitrogen and oxygen atoms in total. The van der Waals surface area contributed by atoms with Crippen LogP contribution in [0.5, 0.6) is 0 Å². The number of carbonyl (C=O) groups excluding carboxylic acids is 1. The summed E-state index contributed by atoms with van der Waals surface area (Å²) in [6.07, 6.45) is 11.9. The van der Waals surface area contributed by atoms with Crippen molar-refractivity contribution in [2.45, 2.75) is 71.3 Å². The lowest BCUT2D eigenvalue weighted by molar-refractivity contribution is -0.185. The Morgan fingerprint density at radius 3 is 2.59 bits per heavy atom. The zero-order chi connectivity index (χ0) is 23.4. The lowest BCUT2D eigenvalue weighted by Crippen LogP contribution is -2.59. The summed E-state index contributed by atoms with van der Waals surface area (Å²) in [5, 5.41) is 11.3. The molecular weight excluding hydrogens is 396 g/mol. The summed E-state index contributed by atoms with van der Waals surface area (Å²) in [5.74, 6) is 0.319. The van der Waals surface area contributed by atoms with Gasteiger partial charge in [0.25, 0.3) is 0 Å². The highest BCUT2D eigenvalue weighted by Gasteiger charge is 2.59. The molecular formula is C29H40O3. The van der Waals surface area contributed by atoms with E-state index in [-0.39, 0.29) is 22.7 Å². The van der Waals surface area contributed by atoms with Crippen LogP contribution in [0.4, 0.5) is 0 Å². The first-order valence-corrected chi connectivity index (χ1v) is 12.0. The van der Waals surface area contributed by atoms with Crippen LogP contribution in [0.15, 0.2) is 61.2 Å².